The Labute approximate surface area is 493 Å². The van der Waals surface area contributed by atoms with Crippen molar-refractivity contribution in [2.75, 3.05) is 0 Å². The van der Waals surface area contributed by atoms with Gasteiger partial charge in [-0.25, -0.2) is 0 Å². The van der Waals surface area contributed by atoms with Crippen molar-refractivity contribution >= 4 is 82.5 Å². The molecule has 0 atom stereocenters. The summed E-state index contributed by atoms with van der Waals surface area (Å²) in [6.45, 7) is 8.64. The van der Waals surface area contributed by atoms with E-state index in [2.05, 4.69) is 209 Å². The summed E-state index contributed by atoms with van der Waals surface area (Å²) >= 11 is 0. The summed E-state index contributed by atoms with van der Waals surface area (Å²) in [5, 5.41) is 31.1. The molecule has 10 aromatic carbocycles. The fraction of sp³-hybridized carbons (Fsp3) is 0. The third-order valence-corrected chi connectivity index (χ3v) is 24.0. The predicted octanol–water partition coefficient (Wildman–Crippen LogP) is 12.7. The van der Waals surface area contributed by atoms with Crippen LogP contribution in [0.5, 0.6) is 0 Å². The van der Waals surface area contributed by atoms with Gasteiger partial charge in [-0.2, -0.15) is 0 Å². The Morgan fingerprint density at radius 3 is 0.526 bits per heavy atom. The van der Waals surface area contributed by atoms with Crippen LogP contribution < -0.4 is 53.0 Å². The minimum absolute atomic E-state index is 0. The first-order chi connectivity index (χ1) is 36.7. The maximum atomic E-state index is 10.9. The van der Waals surface area contributed by atoms with Gasteiger partial charge in [-0.15, -0.1) is 0 Å². The smallest absolute Gasteiger partial charge is 0.0134 e. The second kappa shape index (κ2) is 29.7. The summed E-state index contributed by atoms with van der Waals surface area (Å²) in [4.78, 5) is 21.8. The summed E-state index contributed by atoms with van der Waals surface area (Å²) in [6.07, 6.45) is 0. The number of rotatable bonds is 14. The molecule has 0 N–H and O–H groups in total. The van der Waals surface area contributed by atoms with E-state index in [1.165, 1.54) is 31.8 Å². The molecule has 78 heavy (non-hydrogen) atoms. The van der Waals surface area contributed by atoms with Crippen LogP contribution in [0.4, 0.5) is 0 Å². The van der Waals surface area contributed by atoms with E-state index in [0.29, 0.717) is 21.2 Å². The molecule has 0 unspecified atom stereocenters. The molecule has 0 bridgehead atoms. The third-order valence-electron chi connectivity index (χ3n) is 12.0. The Kier molecular flexibility index (Phi) is 23.8. The average molecular weight is 1470 g/mol. The molecule has 10 rings (SSSR count). The van der Waals surface area contributed by atoms with E-state index in [1.807, 2.05) is 24.3 Å². The Morgan fingerprint density at radius 1 is 0.269 bits per heavy atom. The fourth-order valence-corrected chi connectivity index (χ4v) is 17.9. The minimum Gasteiger partial charge on any atom is -0.0622 e. The van der Waals surface area contributed by atoms with E-state index in [9.17, 15) is 20.2 Å². The van der Waals surface area contributed by atoms with E-state index in [0.717, 1.165) is 0 Å². The fourth-order valence-electron chi connectivity index (χ4n) is 8.26. The van der Waals surface area contributed by atoms with E-state index in [-0.39, 0.29) is 44.8 Å². The molecular weight excluding hydrogens is 1410 g/mol. The predicted molar refractivity (Wildman–Crippen MR) is 326 cm³/mol. The molecule has 0 heterocycles. The molecule has 0 aromatic heterocycles. The molecule has 0 saturated carbocycles. The molecule has 0 aliphatic heterocycles. The second-order valence-corrected chi connectivity index (χ2v) is 29.9. The van der Waals surface area contributed by atoms with Crippen molar-refractivity contribution in [3.63, 3.8) is 0 Å². The van der Waals surface area contributed by atoms with Crippen molar-refractivity contribution in [3.8, 4) is 0 Å². The van der Waals surface area contributed by atoms with Gasteiger partial charge in [0.1, 0.15) is 0 Å². The van der Waals surface area contributed by atoms with E-state index in [4.69, 9.17) is 9.25 Å². The molecule has 0 saturated heterocycles. The first-order valence-corrected chi connectivity index (χ1v) is 31.8. The molecule has 0 fully saturated rings. The van der Waals surface area contributed by atoms with Crippen LogP contribution in [-0.2, 0) is 54.0 Å². The molecule has 0 aliphatic carbocycles. The first kappa shape index (κ1) is 62.6. The molecule has 8 nitrogen and oxygen atoms in total. The van der Waals surface area contributed by atoms with Crippen LogP contribution in [0.3, 0.4) is 0 Å². The van der Waals surface area contributed by atoms with Crippen molar-refractivity contribution in [2.24, 2.45) is 0 Å². The van der Waals surface area contributed by atoms with Gasteiger partial charge in [0.05, 0.1) is 0 Å². The molecule has 0 spiro atoms. The number of nitrogens with zero attached hydrogens (tertiary/aromatic N) is 2. The Balaban J connectivity index is 0.000000190. The number of hydrogen-bond donors (Lipinski definition) is 0. The second-order valence-electron chi connectivity index (χ2n) is 17.5. The van der Waals surface area contributed by atoms with Gasteiger partial charge in [-0.1, -0.05) is 182 Å². The summed E-state index contributed by atoms with van der Waals surface area (Å²) in [5.41, 5.74) is 0. The van der Waals surface area contributed by atoms with Gasteiger partial charge in [0.2, 0.25) is 0 Å². The summed E-state index contributed by atoms with van der Waals surface area (Å²) in [6, 6.07) is 100. The van der Waals surface area contributed by atoms with Crippen LogP contribution in [0.25, 0.3) is 0 Å². The van der Waals surface area contributed by atoms with Gasteiger partial charge in [0, 0.05) is 44.8 Å². The van der Waals surface area contributed by atoms with Crippen LogP contribution >= 0.6 is 29.5 Å². The molecule has 2 radical (unpaired) electrons. The van der Waals surface area contributed by atoms with Gasteiger partial charge in [0.15, 0.2) is 0 Å². The monoisotopic (exact) mass is 1470 g/mol. The standard InChI is InChI=1S/2C18H15P.2C14H14NO3P.2Au/c2*1-4-10-16(11-5-1)19(17-12-6-2-7-13-17)18-14-8-3-9-15-18;2*1-19(2,18-15(16)17,13-9-5-3-6-10-13)14-11-7-4-8-12-14;;/h2*1-15H;2*3-12H,1-2H2;;/q;;2*-2;;. The zero-order valence-electron chi connectivity index (χ0n) is 42.4. The summed E-state index contributed by atoms with van der Waals surface area (Å²) < 4.78 is 10.1. The van der Waals surface area contributed by atoms with Crippen molar-refractivity contribution in [1.29, 1.82) is 0 Å². The van der Waals surface area contributed by atoms with Crippen molar-refractivity contribution < 1.29 is 64.2 Å². The maximum absolute atomic E-state index is 10.9. The summed E-state index contributed by atoms with van der Waals surface area (Å²) in [5.74, 6) is 0. The maximum Gasteiger partial charge on any atom is -0.0134 e. The van der Waals surface area contributed by atoms with E-state index in [1.54, 1.807) is 97.1 Å². The largest absolute Gasteiger partial charge is 0.0622 e. The van der Waals surface area contributed by atoms with Crippen molar-refractivity contribution in [3.05, 3.63) is 350 Å². The summed E-state index contributed by atoms with van der Waals surface area (Å²) in [7, 11) is -0.892. The molecule has 10 aromatic rings. The van der Waals surface area contributed by atoms with Crippen LogP contribution in [0.15, 0.2) is 303 Å². The number of benzene rings is 10. The third kappa shape index (κ3) is 16.4. The van der Waals surface area contributed by atoms with E-state index < -0.39 is 39.7 Å². The van der Waals surface area contributed by atoms with Crippen LogP contribution in [0.1, 0.15) is 0 Å². The number of hydrogen-bond acceptors (Lipinski definition) is 6. The zero-order valence-corrected chi connectivity index (χ0v) is 50.3. The zero-order chi connectivity index (χ0) is 53.7. The SMILES string of the molecule is [Au].[Au].[CH2-]P([CH2-])(O[N+](=O)[O-])(c1ccccc1)c1ccccc1.[CH2-]P([CH2-])(O[N+](=O)[O-])(c1ccccc1)c1ccccc1.c1ccc(P(c2ccccc2)c2ccccc2)cc1.c1ccc(P(c2ccccc2)c2ccccc2)cc1. The van der Waals surface area contributed by atoms with Gasteiger partial charge < -0.3 is 0 Å². The van der Waals surface area contributed by atoms with Gasteiger partial charge in [-0.05, 0) is 47.7 Å². The van der Waals surface area contributed by atoms with Crippen molar-refractivity contribution in [2.45, 2.75) is 0 Å². The van der Waals surface area contributed by atoms with Crippen LogP contribution in [0.2, 0.25) is 0 Å². The van der Waals surface area contributed by atoms with Crippen LogP contribution in [-0.4, -0.2) is 10.2 Å². The Hall–Kier alpha value is -6.20. The first-order valence-electron chi connectivity index (χ1n) is 24.1. The molecular formula is C64H58Au2N2O6P4-4. The molecule has 14 heteroatoms. The molecule has 0 amide bonds. The topological polar surface area (TPSA) is 105 Å². The minimum atomic E-state index is -3.75. The van der Waals surface area contributed by atoms with E-state index >= 15 is 0 Å². The Bertz CT molecular complexity index is 2830. The van der Waals surface area contributed by atoms with Crippen LogP contribution in [0, 0.1) is 46.9 Å². The van der Waals surface area contributed by atoms with Gasteiger partial charge in [-0.3, -0.25) is 0 Å². The van der Waals surface area contributed by atoms with Crippen molar-refractivity contribution in [1.82, 2.24) is 0 Å². The quantitative estimate of drug-likeness (QED) is 0.0353. The molecule has 0 aliphatic rings. The van der Waals surface area contributed by atoms with Gasteiger partial charge in [0.25, 0.3) is 0 Å². The van der Waals surface area contributed by atoms with Gasteiger partial charge >= 0.3 is 223 Å². The average Bonchev–Trinajstić information content (AvgIpc) is 3.61. The molecule has 406 valence electrons. The Morgan fingerprint density at radius 2 is 0.397 bits per heavy atom. The normalized spacial score (nSPS) is 11.6.